The molecule has 2 atom stereocenters. The number of quaternary nitrogens is 1. The average molecular weight is 201 g/mol. The fourth-order valence-electron chi connectivity index (χ4n) is 0.206. The van der Waals surface area contributed by atoms with Gasteiger partial charge in [0, 0.05) is 0 Å². The number of nitrogens with two attached hydrogens (primary N) is 1. The van der Waals surface area contributed by atoms with Crippen LogP contribution in [0.1, 0.15) is 0 Å². The van der Waals surface area contributed by atoms with Gasteiger partial charge in [-0.05, 0) is 0 Å². The predicted octanol–water partition coefficient (Wildman–Crippen LogP) is -3.91. The van der Waals surface area contributed by atoms with E-state index in [0.717, 1.165) is 0 Å². The summed E-state index contributed by atoms with van der Waals surface area (Å²) >= 11 is 0.179. The molecule has 0 amide bonds. The Morgan fingerprint density at radius 3 is 2.00 bits per heavy atom. The maximum absolute atomic E-state index is 5.52. The quantitative estimate of drug-likeness (QED) is 0.188. The van der Waals surface area contributed by atoms with Gasteiger partial charge < -0.3 is 0 Å². The molecule has 1 saturated heterocycles. The first kappa shape index (κ1) is 4.76. The Labute approximate surface area is 48.2 Å². The molecule has 0 bridgehead atoms. The number of hydrogen-bond acceptors (Lipinski definition) is 2. The van der Waals surface area contributed by atoms with E-state index < -0.39 is 0 Å². The first-order valence-electron chi connectivity index (χ1n) is 1.69. The van der Waals surface area contributed by atoms with Crippen LogP contribution in [0.15, 0.2) is 0 Å². The molecular formula is C2H8IN3. The van der Waals surface area contributed by atoms with Crippen LogP contribution in [0.2, 0.25) is 0 Å². The molecule has 2 unspecified atom stereocenters. The monoisotopic (exact) mass is 201 g/mol. The van der Waals surface area contributed by atoms with E-state index >= 15 is 0 Å². The SMILES string of the molecule is CN1[I-][N+]1(C)N. The van der Waals surface area contributed by atoms with Crippen molar-refractivity contribution < 1.29 is 24.7 Å². The normalized spacial score (nSPS) is 56.8. The molecule has 1 aliphatic rings. The molecule has 38 valence electrons. The summed E-state index contributed by atoms with van der Waals surface area (Å²) in [6.45, 7) is 0. The fourth-order valence-corrected chi connectivity index (χ4v) is 1.38. The van der Waals surface area contributed by atoms with Gasteiger partial charge in [-0.15, -0.1) is 0 Å². The van der Waals surface area contributed by atoms with Crippen molar-refractivity contribution in [1.29, 1.82) is 0 Å². The van der Waals surface area contributed by atoms with E-state index in [-0.39, 0.29) is 21.8 Å². The Hall–Kier alpha value is 0.610. The van der Waals surface area contributed by atoms with Gasteiger partial charge in [-0.25, -0.2) is 0 Å². The Balaban J connectivity index is 2.41. The van der Waals surface area contributed by atoms with Crippen molar-refractivity contribution in [3.8, 4) is 0 Å². The van der Waals surface area contributed by atoms with Gasteiger partial charge in [0.2, 0.25) is 0 Å². The molecule has 0 saturated carbocycles. The van der Waals surface area contributed by atoms with Crippen LogP contribution >= 0.6 is 0 Å². The van der Waals surface area contributed by atoms with E-state index in [1.165, 1.54) is 0 Å². The summed E-state index contributed by atoms with van der Waals surface area (Å²) in [5.74, 6) is 5.52. The minimum atomic E-state index is 0.179. The number of rotatable bonds is 0. The molecule has 6 heavy (non-hydrogen) atoms. The Morgan fingerprint density at radius 2 is 2.00 bits per heavy atom. The van der Waals surface area contributed by atoms with E-state index in [0.29, 0.717) is 2.91 Å². The maximum atomic E-state index is 5.52. The van der Waals surface area contributed by atoms with E-state index in [1.54, 1.807) is 0 Å². The van der Waals surface area contributed by atoms with Crippen LogP contribution in [0.25, 0.3) is 0 Å². The summed E-state index contributed by atoms with van der Waals surface area (Å²) in [5, 5.41) is 0. The summed E-state index contributed by atoms with van der Waals surface area (Å²) in [4.78, 5) is 0. The molecule has 2 N–H and O–H groups in total. The molecule has 0 aromatic rings. The standard InChI is InChI=1S/C2H8IN3/c1-5-3-6(5,2)4/h4H2,1-2H3. The predicted molar refractivity (Wildman–Crippen MR) is 18.1 cm³/mol. The Bertz CT molecular complexity index is 71.2. The van der Waals surface area contributed by atoms with Gasteiger partial charge in [0.15, 0.2) is 0 Å². The van der Waals surface area contributed by atoms with Crippen molar-refractivity contribution in [2.24, 2.45) is 5.84 Å². The van der Waals surface area contributed by atoms with Crippen LogP contribution < -0.4 is 27.6 Å². The molecule has 0 aliphatic carbocycles. The second-order valence-corrected chi connectivity index (χ2v) is 5.22. The van der Waals surface area contributed by atoms with Gasteiger partial charge in [-0.2, -0.15) is 0 Å². The summed E-state index contributed by atoms with van der Waals surface area (Å²) < 4.78 is 2.82. The molecular weight excluding hydrogens is 193 g/mol. The second kappa shape index (κ2) is 1.06. The molecule has 1 aliphatic heterocycles. The van der Waals surface area contributed by atoms with Crippen LogP contribution in [-0.4, -0.2) is 20.2 Å². The van der Waals surface area contributed by atoms with Gasteiger partial charge in [-0.1, -0.05) is 0 Å². The zero-order valence-electron chi connectivity index (χ0n) is 3.85. The van der Waals surface area contributed by atoms with Crippen LogP contribution in [0, 0.1) is 0 Å². The number of hydrogen-bond donors (Lipinski definition) is 1. The zero-order chi connectivity index (χ0) is 4.78. The van der Waals surface area contributed by atoms with Crippen molar-refractivity contribution in [3.05, 3.63) is 0 Å². The fraction of sp³-hybridized carbons (Fsp3) is 1.00. The summed E-state index contributed by atoms with van der Waals surface area (Å²) in [7, 11) is 4.04. The van der Waals surface area contributed by atoms with Crippen molar-refractivity contribution in [1.82, 2.24) is 3.22 Å². The third kappa shape index (κ3) is 0.651. The number of nitrogens with zero attached hydrogens (tertiary/aromatic N) is 2. The second-order valence-electron chi connectivity index (χ2n) is 1.44. The van der Waals surface area contributed by atoms with Gasteiger partial charge in [0.05, 0.1) is 0 Å². The van der Waals surface area contributed by atoms with E-state index in [4.69, 9.17) is 5.84 Å². The molecule has 3 nitrogen and oxygen atoms in total. The number of halogens is 1. The molecule has 1 heterocycles. The van der Waals surface area contributed by atoms with Crippen molar-refractivity contribution in [3.63, 3.8) is 0 Å². The van der Waals surface area contributed by atoms with Gasteiger partial charge >= 0.3 is 47.8 Å². The molecule has 0 radical (unpaired) electrons. The topological polar surface area (TPSA) is 29.0 Å². The van der Waals surface area contributed by atoms with E-state index in [2.05, 4.69) is 3.22 Å². The third-order valence-corrected chi connectivity index (χ3v) is 3.44. The minimum absolute atomic E-state index is 0.179. The van der Waals surface area contributed by atoms with Crippen LogP contribution in [0.3, 0.4) is 0 Å². The average Bonchev–Trinajstić information content (AvgIpc) is 1.73. The van der Waals surface area contributed by atoms with Gasteiger partial charge in [-0.3, -0.25) is 0 Å². The van der Waals surface area contributed by atoms with Gasteiger partial charge in [0.1, 0.15) is 0 Å². The molecule has 0 aromatic carbocycles. The van der Waals surface area contributed by atoms with Crippen LogP contribution in [0.4, 0.5) is 0 Å². The molecule has 1 rings (SSSR count). The molecule has 1 fully saturated rings. The van der Waals surface area contributed by atoms with E-state index in [9.17, 15) is 0 Å². The molecule has 4 heteroatoms. The summed E-state index contributed by atoms with van der Waals surface area (Å²) in [5.41, 5.74) is 0. The third-order valence-electron chi connectivity index (χ3n) is 0.781. The van der Waals surface area contributed by atoms with Gasteiger partial charge in [0.25, 0.3) is 0 Å². The zero-order valence-corrected chi connectivity index (χ0v) is 6.01. The summed E-state index contributed by atoms with van der Waals surface area (Å²) in [6, 6.07) is 0. The van der Waals surface area contributed by atoms with E-state index in [1.807, 2.05) is 14.1 Å². The van der Waals surface area contributed by atoms with Crippen molar-refractivity contribution in [2.45, 2.75) is 0 Å². The van der Waals surface area contributed by atoms with Crippen LogP contribution in [0.5, 0.6) is 0 Å². The van der Waals surface area contributed by atoms with Crippen LogP contribution in [-0.2, 0) is 0 Å². The Kier molecular flexibility index (Phi) is 0.840. The van der Waals surface area contributed by atoms with Crippen molar-refractivity contribution >= 4 is 0 Å². The molecule has 0 spiro atoms. The first-order valence-corrected chi connectivity index (χ1v) is 3.62. The Morgan fingerprint density at radius 1 is 1.83 bits per heavy atom. The first-order chi connectivity index (χ1) is 2.63. The molecule has 0 aromatic heterocycles. The summed E-state index contributed by atoms with van der Waals surface area (Å²) in [6.07, 6.45) is 0. The van der Waals surface area contributed by atoms with Crippen molar-refractivity contribution in [2.75, 3.05) is 14.1 Å².